The van der Waals surface area contributed by atoms with Crippen LogP contribution in [-0.4, -0.2) is 25.5 Å². The van der Waals surface area contributed by atoms with Gasteiger partial charge >= 0.3 is 12.3 Å². The van der Waals surface area contributed by atoms with E-state index in [-0.39, 0.29) is 13.2 Å². The van der Waals surface area contributed by atoms with E-state index in [2.05, 4.69) is 19.2 Å². The molecule has 0 aliphatic carbocycles. The zero-order chi connectivity index (χ0) is 10.2. The van der Waals surface area contributed by atoms with Crippen LogP contribution in [0.5, 0.6) is 0 Å². The lowest BCUT2D eigenvalue weighted by Crippen LogP contribution is -2.15. The Balaban J connectivity index is 2.29. The highest BCUT2D eigenvalue weighted by molar-refractivity contribution is 5.63. The fraction of sp³-hybridized carbons (Fsp3) is 0.750. The first-order chi connectivity index (χ1) is 6.79. The fourth-order valence-electron chi connectivity index (χ4n) is 0.985. The molecule has 14 heavy (non-hydrogen) atoms. The Bertz CT molecular complexity index is 180. The quantitative estimate of drug-likeness (QED) is 0.442. The van der Waals surface area contributed by atoms with Crippen LogP contribution in [0.25, 0.3) is 0 Å². The Hall–Kier alpha value is -1.46. The SMILES string of the molecule is O=C1OCCCCCCOC(=O)OO1. The molecule has 0 saturated carbocycles. The molecule has 0 radical (unpaired) electrons. The summed E-state index contributed by atoms with van der Waals surface area (Å²) in [6.07, 6.45) is 1.33. The molecule has 6 heteroatoms. The lowest BCUT2D eigenvalue weighted by atomic mass is 10.2. The van der Waals surface area contributed by atoms with Crippen LogP contribution in [0.1, 0.15) is 25.7 Å². The molecule has 0 unspecified atom stereocenters. The summed E-state index contributed by atoms with van der Waals surface area (Å²) in [7, 11) is 0. The monoisotopic (exact) mass is 204 g/mol. The van der Waals surface area contributed by atoms with Crippen LogP contribution in [0.4, 0.5) is 9.59 Å². The van der Waals surface area contributed by atoms with E-state index in [0.29, 0.717) is 0 Å². The van der Waals surface area contributed by atoms with Crippen LogP contribution in [0.15, 0.2) is 0 Å². The van der Waals surface area contributed by atoms with E-state index < -0.39 is 12.3 Å². The lowest BCUT2D eigenvalue weighted by Gasteiger charge is -2.07. The molecular formula is C8H12O6. The normalized spacial score (nSPS) is 20.3. The molecule has 0 amide bonds. The van der Waals surface area contributed by atoms with E-state index in [1.165, 1.54) is 0 Å². The van der Waals surface area contributed by atoms with Crippen LogP contribution in [0.2, 0.25) is 0 Å². The lowest BCUT2D eigenvalue weighted by molar-refractivity contribution is -0.218. The molecule has 0 atom stereocenters. The molecule has 1 aliphatic rings. The molecule has 1 heterocycles. The molecule has 0 bridgehead atoms. The second-order valence-electron chi connectivity index (χ2n) is 2.78. The van der Waals surface area contributed by atoms with Gasteiger partial charge in [0.05, 0.1) is 13.2 Å². The zero-order valence-corrected chi connectivity index (χ0v) is 7.69. The van der Waals surface area contributed by atoms with E-state index in [4.69, 9.17) is 0 Å². The van der Waals surface area contributed by atoms with Gasteiger partial charge in [-0.2, -0.15) is 19.4 Å². The Labute approximate surface area is 81.0 Å². The average molecular weight is 204 g/mol. The summed E-state index contributed by atoms with van der Waals surface area (Å²) in [5.74, 6) is 0. The predicted octanol–water partition coefficient (Wildman–Crippen LogP) is 1.78. The Morgan fingerprint density at radius 2 is 1.14 bits per heavy atom. The van der Waals surface area contributed by atoms with Crippen molar-refractivity contribution in [2.45, 2.75) is 25.7 Å². The smallest absolute Gasteiger partial charge is 0.432 e. The molecule has 0 spiro atoms. The van der Waals surface area contributed by atoms with Gasteiger partial charge in [0.1, 0.15) is 0 Å². The number of carbonyl (C=O) groups is 2. The summed E-state index contributed by atoms with van der Waals surface area (Å²) < 4.78 is 9.14. The van der Waals surface area contributed by atoms with Gasteiger partial charge in [-0.25, -0.2) is 0 Å². The Kier molecular flexibility index (Phi) is 4.60. The van der Waals surface area contributed by atoms with Crippen molar-refractivity contribution in [1.82, 2.24) is 0 Å². The summed E-state index contributed by atoms with van der Waals surface area (Å²) >= 11 is 0. The third kappa shape index (κ3) is 4.54. The summed E-state index contributed by atoms with van der Waals surface area (Å²) in [5, 5.41) is 0. The maximum absolute atomic E-state index is 10.7. The van der Waals surface area contributed by atoms with Gasteiger partial charge in [0, 0.05) is 0 Å². The van der Waals surface area contributed by atoms with Crippen molar-refractivity contribution in [3.05, 3.63) is 0 Å². The number of hydrogen-bond donors (Lipinski definition) is 0. The summed E-state index contributed by atoms with van der Waals surface area (Å²) in [5.41, 5.74) is 0. The minimum atomic E-state index is -1.03. The van der Waals surface area contributed by atoms with Crippen LogP contribution < -0.4 is 0 Å². The van der Waals surface area contributed by atoms with Crippen molar-refractivity contribution in [3.63, 3.8) is 0 Å². The van der Waals surface area contributed by atoms with E-state index in [1.54, 1.807) is 0 Å². The van der Waals surface area contributed by atoms with E-state index in [9.17, 15) is 9.59 Å². The van der Waals surface area contributed by atoms with Gasteiger partial charge in [-0.1, -0.05) is 0 Å². The van der Waals surface area contributed by atoms with E-state index >= 15 is 0 Å². The topological polar surface area (TPSA) is 71.1 Å². The molecular weight excluding hydrogens is 192 g/mol. The molecule has 80 valence electrons. The van der Waals surface area contributed by atoms with Crippen molar-refractivity contribution in [3.8, 4) is 0 Å². The Morgan fingerprint density at radius 1 is 0.714 bits per heavy atom. The highest BCUT2D eigenvalue weighted by Crippen LogP contribution is 2.03. The number of rotatable bonds is 0. The van der Waals surface area contributed by atoms with Crippen molar-refractivity contribution >= 4 is 12.3 Å². The molecule has 0 aromatic heterocycles. The average Bonchev–Trinajstić information content (AvgIpc) is 2.17. The van der Waals surface area contributed by atoms with Crippen LogP contribution in [0, 0.1) is 0 Å². The third-order valence-corrected chi connectivity index (χ3v) is 1.66. The van der Waals surface area contributed by atoms with Gasteiger partial charge in [-0.15, -0.1) is 0 Å². The second kappa shape index (κ2) is 6.06. The first-order valence-corrected chi connectivity index (χ1v) is 4.47. The molecule has 1 rings (SSSR count). The highest BCUT2D eigenvalue weighted by atomic mass is 17.3. The fourth-order valence-corrected chi connectivity index (χ4v) is 0.985. The number of cyclic esters (lactones) is 2. The van der Waals surface area contributed by atoms with Gasteiger partial charge in [0.25, 0.3) is 0 Å². The zero-order valence-electron chi connectivity index (χ0n) is 7.69. The summed E-state index contributed by atoms with van der Waals surface area (Å²) in [6.45, 7) is 0.550. The van der Waals surface area contributed by atoms with Crippen molar-refractivity contribution in [2.75, 3.05) is 13.2 Å². The minimum absolute atomic E-state index is 0.275. The maximum Gasteiger partial charge on any atom is 0.549 e. The van der Waals surface area contributed by atoms with Crippen LogP contribution in [-0.2, 0) is 19.2 Å². The molecule has 0 aromatic rings. The largest absolute Gasteiger partial charge is 0.549 e. The maximum atomic E-state index is 10.7. The Morgan fingerprint density at radius 3 is 1.57 bits per heavy atom. The van der Waals surface area contributed by atoms with E-state index in [0.717, 1.165) is 25.7 Å². The van der Waals surface area contributed by atoms with Gasteiger partial charge in [-0.05, 0) is 25.7 Å². The van der Waals surface area contributed by atoms with Crippen LogP contribution in [0.3, 0.4) is 0 Å². The number of carbonyl (C=O) groups excluding carboxylic acids is 2. The third-order valence-electron chi connectivity index (χ3n) is 1.66. The standard InChI is InChI=1S/C8H12O6/c9-7-11-5-3-1-2-4-6-12-8(10)14-13-7/h1-6H2. The van der Waals surface area contributed by atoms with Crippen LogP contribution >= 0.6 is 0 Å². The second-order valence-corrected chi connectivity index (χ2v) is 2.78. The molecule has 0 N–H and O–H groups in total. The molecule has 6 nitrogen and oxygen atoms in total. The number of ether oxygens (including phenoxy) is 2. The minimum Gasteiger partial charge on any atom is -0.432 e. The summed E-state index contributed by atoms with van der Waals surface area (Å²) in [6, 6.07) is 0. The summed E-state index contributed by atoms with van der Waals surface area (Å²) in [4.78, 5) is 29.3. The van der Waals surface area contributed by atoms with Crippen molar-refractivity contribution in [2.24, 2.45) is 0 Å². The predicted molar refractivity (Wildman–Crippen MR) is 43.3 cm³/mol. The van der Waals surface area contributed by atoms with Crippen molar-refractivity contribution in [1.29, 1.82) is 0 Å². The molecule has 0 aromatic carbocycles. The highest BCUT2D eigenvalue weighted by Gasteiger charge is 2.12. The first kappa shape index (κ1) is 10.6. The van der Waals surface area contributed by atoms with Gasteiger partial charge in [0.2, 0.25) is 0 Å². The molecule has 1 saturated heterocycles. The number of hydrogen-bond acceptors (Lipinski definition) is 6. The van der Waals surface area contributed by atoms with Crippen molar-refractivity contribution < 1.29 is 28.8 Å². The van der Waals surface area contributed by atoms with Gasteiger partial charge in [0.15, 0.2) is 0 Å². The molecule has 1 fully saturated rings. The molecule has 1 aliphatic heterocycles. The van der Waals surface area contributed by atoms with E-state index in [1.807, 2.05) is 0 Å². The van der Waals surface area contributed by atoms with Gasteiger partial charge < -0.3 is 9.47 Å². The van der Waals surface area contributed by atoms with Gasteiger partial charge in [-0.3, -0.25) is 0 Å². The first-order valence-electron chi connectivity index (χ1n) is 4.47.